The van der Waals surface area contributed by atoms with Crippen LogP contribution in [0.2, 0.25) is 0 Å². The number of aromatic amines is 1. The number of methoxy groups -OCH3 is 1. The van der Waals surface area contributed by atoms with E-state index in [4.69, 9.17) is 9.47 Å². The van der Waals surface area contributed by atoms with Crippen molar-refractivity contribution in [3.8, 4) is 5.75 Å². The van der Waals surface area contributed by atoms with Crippen LogP contribution in [-0.2, 0) is 23.9 Å². The quantitative estimate of drug-likeness (QED) is 0.293. The van der Waals surface area contributed by atoms with Crippen LogP contribution in [-0.4, -0.2) is 66.8 Å². The van der Waals surface area contributed by atoms with Gasteiger partial charge >= 0.3 is 5.97 Å². The monoisotopic (exact) mass is 556 g/mol. The van der Waals surface area contributed by atoms with E-state index < -0.39 is 53.6 Å². The molecule has 0 radical (unpaired) electrons. The molecule has 1 aliphatic rings. The maximum Gasteiger partial charge on any atom is 0.311 e. The molecule has 3 rings (SSSR count). The predicted molar refractivity (Wildman–Crippen MR) is 149 cm³/mol. The summed E-state index contributed by atoms with van der Waals surface area (Å²) in [6.45, 7) is 8.79. The Kier molecular flexibility index (Phi) is 9.94. The SMILES string of the molecule is COc1cccc2[nH]c(C(=O)NC(CC(C)C)C(=O)NC(CC3CCNC3=O)C(=O)COC(=O)C(C)(C)C)cc12. The fraction of sp³-hybridized carbons (Fsp3) is 0.552. The molecule has 3 amide bonds. The molecular weight excluding hydrogens is 516 g/mol. The van der Waals surface area contributed by atoms with E-state index in [1.54, 1.807) is 46.1 Å². The molecule has 0 spiro atoms. The molecule has 0 bridgehead atoms. The molecule has 1 fully saturated rings. The summed E-state index contributed by atoms with van der Waals surface area (Å²) >= 11 is 0. The van der Waals surface area contributed by atoms with E-state index in [1.165, 1.54) is 0 Å². The Morgan fingerprint density at radius 3 is 2.42 bits per heavy atom. The highest BCUT2D eigenvalue weighted by atomic mass is 16.5. The van der Waals surface area contributed by atoms with Gasteiger partial charge in [-0.2, -0.15) is 0 Å². The molecular formula is C29H40N4O7. The number of nitrogens with one attached hydrogen (secondary N) is 4. The highest BCUT2D eigenvalue weighted by Gasteiger charge is 2.34. The molecule has 11 nitrogen and oxygen atoms in total. The zero-order chi connectivity index (χ0) is 29.6. The average Bonchev–Trinajstić information content (AvgIpc) is 3.51. The van der Waals surface area contributed by atoms with Crippen molar-refractivity contribution in [1.29, 1.82) is 0 Å². The summed E-state index contributed by atoms with van der Waals surface area (Å²) < 4.78 is 10.6. The van der Waals surface area contributed by atoms with Crippen molar-refractivity contribution < 1.29 is 33.4 Å². The first-order valence-corrected chi connectivity index (χ1v) is 13.5. The van der Waals surface area contributed by atoms with Gasteiger partial charge in [0.1, 0.15) is 17.5 Å². The molecule has 2 aromatic rings. The first kappa shape index (κ1) is 30.6. The Bertz CT molecular complexity index is 1260. The van der Waals surface area contributed by atoms with Gasteiger partial charge in [-0.25, -0.2) is 0 Å². The van der Waals surface area contributed by atoms with E-state index in [0.717, 1.165) is 5.39 Å². The Labute approximate surface area is 234 Å². The van der Waals surface area contributed by atoms with E-state index in [9.17, 15) is 24.0 Å². The summed E-state index contributed by atoms with van der Waals surface area (Å²) in [7, 11) is 1.54. The van der Waals surface area contributed by atoms with Crippen molar-refractivity contribution in [3.63, 3.8) is 0 Å². The van der Waals surface area contributed by atoms with Crippen molar-refractivity contribution in [2.75, 3.05) is 20.3 Å². The number of Topliss-reactive ketones (excluding diaryl/α,β-unsaturated/α-hetero) is 1. The highest BCUT2D eigenvalue weighted by Crippen LogP contribution is 2.26. The molecule has 218 valence electrons. The normalized spacial score (nSPS) is 16.8. The number of carbonyl (C=O) groups is 5. The summed E-state index contributed by atoms with van der Waals surface area (Å²) in [5, 5.41) is 8.97. The number of ketones is 1. The fourth-order valence-corrected chi connectivity index (χ4v) is 4.52. The maximum atomic E-state index is 13.5. The molecule has 4 N–H and O–H groups in total. The highest BCUT2D eigenvalue weighted by molar-refractivity contribution is 6.02. The summed E-state index contributed by atoms with van der Waals surface area (Å²) in [5.41, 5.74) is 0.161. The van der Waals surface area contributed by atoms with E-state index in [0.29, 0.717) is 30.7 Å². The number of hydrogen-bond acceptors (Lipinski definition) is 7. The lowest BCUT2D eigenvalue weighted by Gasteiger charge is -2.25. The summed E-state index contributed by atoms with van der Waals surface area (Å²) in [6, 6.07) is 5.03. The zero-order valence-corrected chi connectivity index (χ0v) is 24.0. The minimum absolute atomic E-state index is 0.0429. The first-order chi connectivity index (χ1) is 18.8. The third-order valence-electron chi connectivity index (χ3n) is 6.76. The van der Waals surface area contributed by atoms with Crippen LogP contribution in [0.1, 0.15) is 64.4 Å². The minimum Gasteiger partial charge on any atom is -0.496 e. The molecule has 3 atom stereocenters. The third kappa shape index (κ3) is 7.83. The van der Waals surface area contributed by atoms with Gasteiger partial charge in [0, 0.05) is 23.4 Å². The lowest BCUT2D eigenvalue weighted by molar-refractivity contribution is -0.156. The molecule has 2 heterocycles. The largest absolute Gasteiger partial charge is 0.496 e. The Hall–Kier alpha value is -3.89. The molecule has 0 saturated carbocycles. The smallest absolute Gasteiger partial charge is 0.311 e. The third-order valence-corrected chi connectivity index (χ3v) is 6.76. The van der Waals surface area contributed by atoms with Gasteiger partial charge in [0.25, 0.3) is 5.91 Å². The van der Waals surface area contributed by atoms with Crippen LogP contribution < -0.4 is 20.7 Å². The second kappa shape index (κ2) is 13.0. The second-order valence-corrected chi connectivity index (χ2v) is 11.6. The molecule has 40 heavy (non-hydrogen) atoms. The molecule has 1 saturated heterocycles. The van der Waals surface area contributed by atoms with Crippen LogP contribution in [0.3, 0.4) is 0 Å². The van der Waals surface area contributed by atoms with E-state index >= 15 is 0 Å². The Morgan fingerprint density at radius 1 is 1.10 bits per heavy atom. The van der Waals surface area contributed by atoms with Crippen LogP contribution in [0.15, 0.2) is 24.3 Å². The van der Waals surface area contributed by atoms with Gasteiger partial charge in [-0.1, -0.05) is 19.9 Å². The number of benzene rings is 1. The predicted octanol–water partition coefficient (Wildman–Crippen LogP) is 2.49. The second-order valence-electron chi connectivity index (χ2n) is 11.6. The van der Waals surface area contributed by atoms with Gasteiger partial charge in [0.05, 0.1) is 18.6 Å². The number of rotatable bonds is 12. The number of esters is 1. The fourth-order valence-electron chi connectivity index (χ4n) is 4.52. The zero-order valence-electron chi connectivity index (χ0n) is 24.0. The first-order valence-electron chi connectivity index (χ1n) is 13.5. The number of fused-ring (bicyclic) bond motifs is 1. The van der Waals surface area contributed by atoms with Crippen molar-refractivity contribution in [3.05, 3.63) is 30.0 Å². The van der Waals surface area contributed by atoms with Gasteiger partial charge in [-0.05, 0) is 64.2 Å². The number of H-pyrrole nitrogens is 1. The van der Waals surface area contributed by atoms with Crippen LogP contribution in [0.5, 0.6) is 5.75 Å². The number of hydrogen-bond donors (Lipinski definition) is 4. The van der Waals surface area contributed by atoms with Gasteiger partial charge in [-0.15, -0.1) is 0 Å². The van der Waals surface area contributed by atoms with Crippen molar-refractivity contribution >= 4 is 40.4 Å². The summed E-state index contributed by atoms with van der Waals surface area (Å²) in [6.07, 6.45) is 0.898. The van der Waals surface area contributed by atoms with Crippen LogP contribution in [0, 0.1) is 17.3 Å². The number of aromatic nitrogens is 1. The average molecular weight is 557 g/mol. The number of carbonyl (C=O) groups excluding carboxylic acids is 5. The molecule has 0 aliphatic carbocycles. The minimum atomic E-state index is -1.07. The van der Waals surface area contributed by atoms with Crippen LogP contribution >= 0.6 is 0 Å². The van der Waals surface area contributed by atoms with Gasteiger partial charge in [-0.3, -0.25) is 24.0 Å². The van der Waals surface area contributed by atoms with Crippen molar-refractivity contribution in [2.45, 2.75) is 66.0 Å². The maximum absolute atomic E-state index is 13.5. The summed E-state index contributed by atoms with van der Waals surface area (Å²) in [4.78, 5) is 67.3. The Balaban J connectivity index is 1.77. The van der Waals surface area contributed by atoms with Crippen LogP contribution in [0.4, 0.5) is 0 Å². The van der Waals surface area contributed by atoms with E-state index in [2.05, 4.69) is 20.9 Å². The van der Waals surface area contributed by atoms with Crippen LogP contribution in [0.25, 0.3) is 10.9 Å². The Morgan fingerprint density at radius 2 is 1.82 bits per heavy atom. The van der Waals surface area contributed by atoms with E-state index in [1.807, 2.05) is 19.9 Å². The van der Waals surface area contributed by atoms with Gasteiger partial charge in [0.2, 0.25) is 11.8 Å². The standard InChI is InChI=1S/C29H40N4O7/c1-16(2)12-21(33-27(37)22-14-18-19(31-22)8-7-9-24(18)39-6)26(36)32-20(13-17-10-11-30-25(17)35)23(34)15-40-28(38)29(3,4)5/h7-9,14,16-17,20-21,31H,10-13,15H2,1-6H3,(H,30,35)(H,32,36)(H,33,37). The number of amides is 3. The van der Waals surface area contributed by atoms with Gasteiger partial charge < -0.3 is 30.4 Å². The molecule has 1 aliphatic heterocycles. The van der Waals surface area contributed by atoms with E-state index in [-0.39, 0.29) is 23.9 Å². The molecule has 3 unspecified atom stereocenters. The lowest BCUT2D eigenvalue weighted by atomic mass is 9.94. The lowest BCUT2D eigenvalue weighted by Crippen LogP contribution is -2.53. The van der Waals surface area contributed by atoms with Crippen molar-refractivity contribution in [2.24, 2.45) is 17.3 Å². The molecule has 1 aromatic carbocycles. The summed E-state index contributed by atoms with van der Waals surface area (Å²) in [5.74, 6) is -2.14. The van der Waals surface area contributed by atoms with Gasteiger partial charge in [0.15, 0.2) is 12.4 Å². The molecule has 11 heteroatoms. The van der Waals surface area contributed by atoms with Crippen molar-refractivity contribution in [1.82, 2.24) is 20.9 Å². The topological polar surface area (TPSA) is 156 Å². The number of ether oxygens (including phenoxy) is 2. The molecule has 1 aromatic heterocycles.